The molecule has 18 heavy (non-hydrogen) atoms. The van der Waals surface area contributed by atoms with Crippen LogP contribution in [0, 0.1) is 5.92 Å². The molecule has 1 saturated carbocycles. The van der Waals surface area contributed by atoms with Crippen LogP contribution in [-0.4, -0.2) is 26.0 Å². The maximum absolute atomic E-state index is 10.2. The summed E-state index contributed by atoms with van der Waals surface area (Å²) >= 11 is 1.24. The summed E-state index contributed by atoms with van der Waals surface area (Å²) in [5, 5.41) is 13.5. The maximum Gasteiger partial charge on any atom is 0.109 e. The fraction of sp³-hybridized carbons (Fsp3) is 0.538. The highest BCUT2D eigenvalue weighted by Gasteiger charge is 2.39. The third kappa shape index (κ3) is 2.39. The van der Waals surface area contributed by atoms with Crippen molar-refractivity contribution < 1.29 is 5.11 Å². The van der Waals surface area contributed by atoms with Crippen LogP contribution in [0.5, 0.6) is 0 Å². The summed E-state index contributed by atoms with van der Waals surface area (Å²) in [5.41, 5.74) is 2.50. The number of aromatic nitrogens is 2. The van der Waals surface area contributed by atoms with Gasteiger partial charge in [-0.2, -0.15) is 8.75 Å². The van der Waals surface area contributed by atoms with Crippen molar-refractivity contribution in [1.29, 1.82) is 0 Å². The van der Waals surface area contributed by atoms with Crippen molar-refractivity contribution in [2.45, 2.75) is 31.9 Å². The summed E-state index contributed by atoms with van der Waals surface area (Å²) < 4.78 is 8.54. The molecule has 4 nitrogen and oxygen atoms in total. The fourth-order valence-electron chi connectivity index (χ4n) is 2.30. The number of fused-ring (bicyclic) bond motifs is 1. The maximum atomic E-state index is 10.2. The molecule has 2 aromatic rings. The van der Waals surface area contributed by atoms with Crippen molar-refractivity contribution in [3.8, 4) is 0 Å². The second-order valence-corrected chi connectivity index (χ2v) is 5.81. The molecule has 96 valence electrons. The molecule has 0 amide bonds. The number of benzene rings is 1. The molecule has 1 fully saturated rings. The minimum absolute atomic E-state index is 0.474. The molecule has 3 rings (SSSR count). The molecule has 0 spiro atoms. The van der Waals surface area contributed by atoms with Crippen molar-refractivity contribution in [3.63, 3.8) is 0 Å². The van der Waals surface area contributed by atoms with Gasteiger partial charge in [0.25, 0.3) is 0 Å². The standard InChI is InChI=1S/C13H17N3OS/c1-13(17,10-5-6-10)8-14-7-9-3-2-4-11-12(9)16-18-15-11/h2-4,10,14,17H,5-8H2,1H3. The third-order valence-corrected chi connectivity index (χ3v) is 4.17. The quantitative estimate of drug-likeness (QED) is 0.865. The van der Waals surface area contributed by atoms with Gasteiger partial charge in [0.15, 0.2) is 0 Å². The fourth-order valence-corrected chi connectivity index (χ4v) is 2.87. The van der Waals surface area contributed by atoms with Crippen molar-refractivity contribution in [2.24, 2.45) is 5.92 Å². The molecule has 0 saturated heterocycles. The predicted octanol–water partition coefficient (Wildman–Crippen LogP) is 1.94. The minimum atomic E-state index is -0.575. The van der Waals surface area contributed by atoms with Crippen LogP contribution in [-0.2, 0) is 6.54 Å². The number of nitrogens with zero attached hydrogens (tertiary/aromatic N) is 2. The van der Waals surface area contributed by atoms with E-state index in [2.05, 4.69) is 20.1 Å². The number of hydrogen-bond donors (Lipinski definition) is 2. The predicted molar refractivity (Wildman–Crippen MR) is 72.5 cm³/mol. The van der Waals surface area contributed by atoms with Gasteiger partial charge in [0.05, 0.1) is 17.3 Å². The second kappa shape index (κ2) is 4.57. The largest absolute Gasteiger partial charge is 0.389 e. The van der Waals surface area contributed by atoms with Crippen LogP contribution < -0.4 is 5.32 Å². The molecular formula is C13H17N3OS. The monoisotopic (exact) mass is 263 g/mol. The third-order valence-electron chi connectivity index (χ3n) is 3.62. The second-order valence-electron chi connectivity index (χ2n) is 5.28. The van der Waals surface area contributed by atoms with E-state index in [0.29, 0.717) is 12.5 Å². The van der Waals surface area contributed by atoms with E-state index in [0.717, 1.165) is 36.0 Å². The Hall–Kier alpha value is -1.04. The zero-order valence-electron chi connectivity index (χ0n) is 10.4. The first kappa shape index (κ1) is 12.0. The average Bonchev–Trinajstić information content (AvgIpc) is 3.09. The molecule has 1 unspecified atom stereocenters. The summed E-state index contributed by atoms with van der Waals surface area (Å²) in [6, 6.07) is 6.03. The van der Waals surface area contributed by atoms with Crippen LogP contribution in [0.2, 0.25) is 0 Å². The Bertz CT molecular complexity index is 548. The molecule has 0 radical (unpaired) electrons. The van der Waals surface area contributed by atoms with Crippen LogP contribution in [0.1, 0.15) is 25.3 Å². The molecule has 1 aliphatic carbocycles. The van der Waals surface area contributed by atoms with Crippen molar-refractivity contribution in [2.75, 3.05) is 6.54 Å². The normalized spacial score (nSPS) is 19.0. The van der Waals surface area contributed by atoms with Gasteiger partial charge in [-0.1, -0.05) is 12.1 Å². The van der Waals surface area contributed by atoms with E-state index in [1.807, 2.05) is 19.1 Å². The van der Waals surface area contributed by atoms with Gasteiger partial charge in [-0.3, -0.25) is 0 Å². The zero-order valence-corrected chi connectivity index (χ0v) is 11.2. The number of rotatable bonds is 5. The van der Waals surface area contributed by atoms with Crippen LogP contribution >= 0.6 is 11.7 Å². The number of hydrogen-bond acceptors (Lipinski definition) is 5. The summed E-state index contributed by atoms with van der Waals surface area (Å²) in [6.07, 6.45) is 2.31. The highest BCUT2D eigenvalue weighted by atomic mass is 32.1. The van der Waals surface area contributed by atoms with Gasteiger partial charge in [0.2, 0.25) is 0 Å². The van der Waals surface area contributed by atoms with Crippen LogP contribution in [0.4, 0.5) is 0 Å². The molecule has 1 aromatic heterocycles. The summed E-state index contributed by atoms with van der Waals surface area (Å²) in [5.74, 6) is 0.474. The van der Waals surface area contributed by atoms with Gasteiger partial charge in [-0.25, -0.2) is 0 Å². The van der Waals surface area contributed by atoms with Crippen LogP contribution in [0.3, 0.4) is 0 Å². The lowest BCUT2D eigenvalue weighted by Crippen LogP contribution is -2.39. The minimum Gasteiger partial charge on any atom is -0.389 e. The highest BCUT2D eigenvalue weighted by Crippen LogP contribution is 2.39. The molecule has 5 heteroatoms. The van der Waals surface area contributed by atoms with Gasteiger partial charge >= 0.3 is 0 Å². The first-order chi connectivity index (χ1) is 8.67. The topological polar surface area (TPSA) is 58.0 Å². The Kier molecular flexibility index (Phi) is 3.05. The summed E-state index contributed by atoms with van der Waals surface area (Å²) in [4.78, 5) is 0. The van der Waals surface area contributed by atoms with Crippen LogP contribution in [0.25, 0.3) is 11.0 Å². The lowest BCUT2D eigenvalue weighted by molar-refractivity contribution is 0.0367. The lowest BCUT2D eigenvalue weighted by atomic mass is 10.0. The molecule has 1 atom stereocenters. The molecule has 1 heterocycles. The molecule has 1 aliphatic rings. The van der Waals surface area contributed by atoms with Crippen molar-refractivity contribution in [3.05, 3.63) is 23.8 Å². The molecule has 1 aromatic carbocycles. The first-order valence-electron chi connectivity index (χ1n) is 6.30. The number of aliphatic hydroxyl groups is 1. The van der Waals surface area contributed by atoms with Gasteiger partial charge in [0.1, 0.15) is 11.0 Å². The van der Waals surface area contributed by atoms with Crippen LogP contribution in [0.15, 0.2) is 18.2 Å². The van der Waals surface area contributed by atoms with E-state index in [4.69, 9.17) is 0 Å². The van der Waals surface area contributed by atoms with E-state index in [1.54, 1.807) is 0 Å². The van der Waals surface area contributed by atoms with Gasteiger partial charge in [-0.05, 0) is 37.3 Å². The van der Waals surface area contributed by atoms with Crippen molar-refractivity contribution in [1.82, 2.24) is 14.1 Å². The van der Waals surface area contributed by atoms with E-state index >= 15 is 0 Å². The van der Waals surface area contributed by atoms with E-state index < -0.39 is 5.60 Å². The van der Waals surface area contributed by atoms with Gasteiger partial charge < -0.3 is 10.4 Å². The first-order valence-corrected chi connectivity index (χ1v) is 7.03. The van der Waals surface area contributed by atoms with E-state index in [9.17, 15) is 5.11 Å². The summed E-state index contributed by atoms with van der Waals surface area (Å²) in [7, 11) is 0. The highest BCUT2D eigenvalue weighted by molar-refractivity contribution is 7.00. The SMILES string of the molecule is CC(O)(CNCc1cccc2nsnc12)C1CC1. The Labute approximate surface area is 110 Å². The Morgan fingerprint density at radius 3 is 3.06 bits per heavy atom. The van der Waals surface area contributed by atoms with Gasteiger partial charge in [-0.15, -0.1) is 0 Å². The Balaban J connectivity index is 1.64. The molecule has 0 bridgehead atoms. The zero-order chi connectivity index (χ0) is 12.6. The molecule has 2 N–H and O–H groups in total. The van der Waals surface area contributed by atoms with E-state index in [1.165, 1.54) is 11.7 Å². The van der Waals surface area contributed by atoms with Gasteiger partial charge in [0, 0.05) is 13.1 Å². The molecule has 0 aliphatic heterocycles. The number of nitrogens with one attached hydrogen (secondary N) is 1. The summed E-state index contributed by atoms with van der Waals surface area (Å²) in [6.45, 7) is 3.28. The van der Waals surface area contributed by atoms with E-state index in [-0.39, 0.29) is 0 Å². The average molecular weight is 263 g/mol. The molecular weight excluding hydrogens is 246 g/mol. The smallest absolute Gasteiger partial charge is 0.109 e. The lowest BCUT2D eigenvalue weighted by Gasteiger charge is -2.23. The van der Waals surface area contributed by atoms with Crippen molar-refractivity contribution >= 4 is 22.8 Å². The Morgan fingerprint density at radius 1 is 1.44 bits per heavy atom. The Morgan fingerprint density at radius 2 is 2.28 bits per heavy atom.